The van der Waals surface area contributed by atoms with Crippen molar-refractivity contribution in [2.45, 2.75) is 40.5 Å². The summed E-state index contributed by atoms with van der Waals surface area (Å²) in [7, 11) is 0. The molecule has 0 fully saturated rings. The Hall–Kier alpha value is -4.69. The predicted molar refractivity (Wildman–Crippen MR) is 178 cm³/mol. The van der Waals surface area contributed by atoms with E-state index in [9.17, 15) is 0 Å². The van der Waals surface area contributed by atoms with Gasteiger partial charge in [-0.2, -0.15) is 0 Å². The fourth-order valence-corrected chi connectivity index (χ4v) is 5.57. The molecule has 2 heteroatoms. The summed E-state index contributed by atoms with van der Waals surface area (Å²) in [6.07, 6.45) is 6.14. The number of hydrogen-bond acceptors (Lipinski definition) is 1. The van der Waals surface area contributed by atoms with Gasteiger partial charge >= 0.3 is 0 Å². The number of aliphatic imine (C=N–C) groups is 1. The Labute approximate surface area is 244 Å². The highest BCUT2D eigenvalue weighted by molar-refractivity contribution is 6.13. The summed E-state index contributed by atoms with van der Waals surface area (Å²) in [5, 5.41) is 1.27. The molecule has 0 N–H and O–H groups in total. The lowest BCUT2D eigenvalue weighted by molar-refractivity contribution is 0.969. The van der Waals surface area contributed by atoms with Crippen LogP contribution in [-0.4, -0.2) is 10.3 Å². The molecule has 0 atom stereocenters. The van der Waals surface area contributed by atoms with Crippen molar-refractivity contribution in [1.29, 1.82) is 0 Å². The van der Waals surface area contributed by atoms with E-state index in [1.54, 1.807) is 0 Å². The highest BCUT2D eigenvalue weighted by Crippen LogP contribution is 2.32. The first-order valence-electron chi connectivity index (χ1n) is 14.3. The van der Waals surface area contributed by atoms with E-state index in [0.29, 0.717) is 0 Å². The molecule has 0 saturated heterocycles. The third-order valence-electron chi connectivity index (χ3n) is 7.82. The first kappa shape index (κ1) is 27.9. The van der Waals surface area contributed by atoms with Gasteiger partial charge in [-0.25, -0.2) is 4.99 Å². The summed E-state index contributed by atoms with van der Waals surface area (Å²) >= 11 is 0. The number of hydrogen-bond donors (Lipinski definition) is 0. The summed E-state index contributed by atoms with van der Waals surface area (Å²) in [4.78, 5) is 5.33. The Morgan fingerprint density at radius 1 is 0.780 bits per heavy atom. The SMILES string of the molecule is C=C(CCc1c(C)n(C(=C\C)/N=C(\C=C(/C)c2ccccc2)c2ccccc2)c2ccccc12)c1ccccc1C. The maximum Gasteiger partial charge on any atom is 0.133 e. The standard InChI is InChI=1S/C39H38N2/c1-6-39(40-37(33-20-11-8-12-21-33)27-30(4)32-18-9-7-10-19-32)41-31(5)35(36-23-15-16-24-38(36)41)26-25-29(3)34-22-14-13-17-28(34)2/h6-24,27H,3,25-26H2,1-2,4-5H3/b30-27+,39-6-,40-37+. The minimum absolute atomic E-state index is 0.905. The van der Waals surface area contributed by atoms with Gasteiger partial charge in [-0.3, -0.25) is 4.57 Å². The van der Waals surface area contributed by atoms with E-state index in [-0.39, 0.29) is 0 Å². The second kappa shape index (κ2) is 12.7. The second-order valence-corrected chi connectivity index (χ2v) is 10.5. The van der Waals surface area contributed by atoms with Gasteiger partial charge in [-0.15, -0.1) is 0 Å². The van der Waals surface area contributed by atoms with Crippen LogP contribution < -0.4 is 0 Å². The smallest absolute Gasteiger partial charge is 0.133 e. The minimum atomic E-state index is 0.905. The van der Waals surface area contributed by atoms with Gasteiger partial charge in [0.25, 0.3) is 0 Å². The summed E-state index contributed by atoms with van der Waals surface area (Å²) in [5.41, 5.74) is 11.8. The molecule has 41 heavy (non-hydrogen) atoms. The number of rotatable bonds is 9. The van der Waals surface area contributed by atoms with Crippen molar-refractivity contribution < 1.29 is 0 Å². The molecule has 204 valence electrons. The van der Waals surface area contributed by atoms with Gasteiger partial charge in [0.2, 0.25) is 0 Å². The summed E-state index contributed by atoms with van der Waals surface area (Å²) in [6.45, 7) is 13.1. The van der Waals surface area contributed by atoms with Gasteiger partial charge in [0, 0.05) is 16.6 Å². The number of aromatic nitrogens is 1. The van der Waals surface area contributed by atoms with Gasteiger partial charge in [-0.1, -0.05) is 110 Å². The molecule has 5 aromatic rings. The lowest BCUT2D eigenvalue weighted by atomic mass is 9.95. The van der Waals surface area contributed by atoms with Crippen molar-refractivity contribution >= 4 is 33.6 Å². The topological polar surface area (TPSA) is 17.3 Å². The molecular weight excluding hydrogens is 496 g/mol. The van der Waals surface area contributed by atoms with Crippen LogP contribution in [-0.2, 0) is 6.42 Å². The van der Waals surface area contributed by atoms with Gasteiger partial charge in [0.15, 0.2) is 0 Å². The van der Waals surface area contributed by atoms with Crippen LogP contribution >= 0.6 is 0 Å². The number of para-hydroxylation sites is 1. The summed E-state index contributed by atoms with van der Waals surface area (Å²) < 4.78 is 2.32. The second-order valence-electron chi connectivity index (χ2n) is 10.5. The molecule has 4 aromatic carbocycles. The zero-order chi connectivity index (χ0) is 28.8. The molecule has 0 aliphatic heterocycles. The van der Waals surface area contributed by atoms with Crippen molar-refractivity contribution in [3.8, 4) is 0 Å². The zero-order valence-corrected chi connectivity index (χ0v) is 24.6. The molecular formula is C39H38N2. The number of benzene rings is 4. The Balaban J connectivity index is 1.57. The molecule has 0 aliphatic carbocycles. The van der Waals surface area contributed by atoms with Crippen LogP contribution in [0.4, 0.5) is 0 Å². The molecule has 5 rings (SSSR count). The van der Waals surface area contributed by atoms with Gasteiger partial charge in [-0.05, 0) is 92.2 Å². The average molecular weight is 535 g/mol. The number of fused-ring (bicyclic) bond motifs is 1. The fraction of sp³-hybridized carbons (Fsp3) is 0.154. The van der Waals surface area contributed by atoms with Crippen molar-refractivity contribution in [3.05, 3.63) is 161 Å². The molecule has 0 saturated carbocycles. The Morgan fingerprint density at radius 2 is 1.39 bits per heavy atom. The zero-order valence-electron chi connectivity index (χ0n) is 24.6. The Kier molecular flexibility index (Phi) is 8.60. The van der Waals surface area contributed by atoms with Gasteiger partial charge < -0.3 is 0 Å². The van der Waals surface area contributed by atoms with Crippen LogP contribution in [0, 0.1) is 13.8 Å². The van der Waals surface area contributed by atoms with Crippen LogP contribution in [0.2, 0.25) is 0 Å². The monoisotopic (exact) mass is 534 g/mol. The average Bonchev–Trinajstić information content (AvgIpc) is 3.29. The van der Waals surface area contributed by atoms with E-state index < -0.39 is 0 Å². The molecule has 0 aliphatic rings. The normalized spacial score (nSPS) is 12.6. The highest BCUT2D eigenvalue weighted by Gasteiger charge is 2.17. The summed E-state index contributed by atoms with van der Waals surface area (Å²) in [6, 6.07) is 38.1. The first-order valence-corrected chi connectivity index (χ1v) is 14.3. The Morgan fingerprint density at radius 3 is 2.07 bits per heavy atom. The number of aryl methyl sites for hydroxylation is 2. The maximum absolute atomic E-state index is 5.33. The van der Waals surface area contributed by atoms with Crippen LogP contribution in [0.25, 0.3) is 27.9 Å². The van der Waals surface area contributed by atoms with Crippen LogP contribution in [0.3, 0.4) is 0 Å². The van der Waals surface area contributed by atoms with Crippen LogP contribution in [0.1, 0.15) is 53.8 Å². The molecule has 0 unspecified atom stereocenters. The largest absolute Gasteiger partial charge is 0.298 e. The first-order chi connectivity index (χ1) is 20.0. The van der Waals surface area contributed by atoms with Crippen LogP contribution in [0.15, 0.2) is 133 Å². The molecule has 0 radical (unpaired) electrons. The van der Waals surface area contributed by atoms with E-state index in [0.717, 1.165) is 29.9 Å². The van der Waals surface area contributed by atoms with Crippen molar-refractivity contribution in [3.63, 3.8) is 0 Å². The Bertz CT molecular complexity index is 1760. The van der Waals surface area contributed by atoms with Crippen LogP contribution in [0.5, 0.6) is 0 Å². The van der Waals surface area contributed by atoms with Gasteiger partial charge in [0.1, 0.15) is 5.82 Å². The molecule has 0 amide bonds. The fourth-order valence-electron chi connectivity index (χ4n) is 5.57. The van der Waals surface area contributed by atoms with Crippen molar-refractivity contribution in [2.24, 2.45) is 4.99 Å². The van der Waals surface area contributed by atoms with Gasteiger partial charge in [0.05, 0.1) is 11.2 Å². The summed E-state index contributed by atoms with van der Waals surface area (Å²) in [5.74, 6) is 0.915. The third kappa shape index (κ3) is 6.07. The quantitative estimate of drug-likeness (QED) is 0.167. The molecule has 0 spiro atoms. The van der Waals surface area contributed by atoms with E-state index in [2.05, 4.69) is 154 Å². The van der Waals surface area contributed by atoms with E-state index in [1.165, 1.54) is 50.0 Å². The molecule has 1 heterocycles. The maximum atomic E-state index is 5.33. The van der Waals surface area contributed by atoms with E-state index in [1.807, 2.05) is 6.07 Å². The lowest BCUT2D eigenvalue weighted by Crippen LogP contribution is -2.04. The number of allylic oxidation sites excluding steroid dienone is 4. The molecule has 0 bridgehead atoms. The van der Waals surface area contributed by atoms with Crippen molar-refractivity contribution in [1.82, 2.24) is 4.57 Å². The highest BCUT2D eigenvalue weighted by atomic mass is 15.1. The minimum Gasteiger partial charge on any atom is -0.298 e. The lowest BCUT2D eigenvalue weighted by Gasteiger charge is -2.13. The number of nitrogens with zero attached hydrogens (tertiary/aromatic N) is 2. The van der Waals surface area contributed by atoms with Crippen molar-refractivity contribution in [2.75, 3.05) is 0 Å². The molecule has 1 aromatic heterocycles. The molecule has 2 nitrogen and oxygen atoms in total. The van der Waals surface area contributed by atoms with E-state index in [4.69, 9.17) is 4.99 Å². The predicted octanol–water partition coefficient (Wildman–Crippen LogP) is 10.3. The third-order valence-corrected chi connectivity index (χ3v) is 7.82. The van der Waals surface area contributed by atoms with E-state index >= 15 is 0 Å².